The van der Waals surface area contributed by atoms with Gasteiger partial charge in [0.2, 0.25) is 11.8 Å². The molecule has 0 aliphatic carbocycles. The summed E-state index contributed by atoms with van der Waals surface area (Å²) >= 11 is 0. The van der Waals surface area contributed by atoms with Gasteiger partial charge in [-0.2, -0.15) is 0 Å². The normalized spacial score (nSPS) is 34.2. The van der Waals surface area contributed by atoms with Crippen LogP contribution in [0.5, 0.6) is 0 Å². The van der Waals surface area contributed by atoms with Gasteiger partial charge in [0.05, 0.1) is 24.2 Å². The molecular formula is C24H36N2O6. The minimum atomic E-state index is -1.14. The number of ether oxygens (including phenoxy) is 2. The lowest BCUT2D eigenvalue weighted by Gasteiger charge is -2.43. The van der Waals surface area contributed by atoms with Crippen LogP contribution >= 0.6 is 0 Å². The molecule has 1 spiro atoms. The Morgan fingerprint density at radius 3 is 2.53 bits per heavy atom. The first-order chi connectivity index (χ1) is 14.9. The van der Waals surface area contributed by atoms with E-state index in [0.29, 0.717) is 19.4 Å². The highest BCUT2D eigenvalue weighted by Crippen LogP contribution is 2.63. The van der Waals surface area contributed by atoms with Gasteiger partial charge in [0.15, 0.2) is 0 Å². The summed E-state index contributed by atoms with van der Waals surface area (Å²) in [6.45, 7) is 16.7. The summed E-state index contributed by atoms with van der Waals surface area (Å²) in [4.78, 5) is 43.9. The maximum Gasteiger partial charge on any atom is 0.313 e. The van der Waals surface area contributed by atoms with Crippen LogP contribution in [0.25, 0.3) is 0 Å². The molecule has 0 aromatic carbocycles. The predicted molar refractivity (Wildman–Crippen MR) is 118 cm³/mol. The fourth-order valence-corrected chi connectivity index (χ4v) is 5.76. The van der Waals surface area contributed by atoms with Gasteiger partial charge in [-0.05, 0) is 47.5 Å². The van der Waals surface area contributed by atoms with Gasteiger partial charge in [-0.25, -0.2) is 0 Å². The van der Waals surface area contributed by atoms with Crippen molar-refractivity contribution in [3.05, 3.63) is 25.3 Å². The van der Waals surface area contributed by atoms with E-state index in [1.807, 2.05) is 27.7 Å². The first-order valence-electron chi connectivity index (χ1n) is 11.2. The second kappa shape index (κ2) is 8.30. The van der Waals surface area contributed by atoms with Crippen LogP contribution in [0.3, 0.4) is 0 Å². The maximum atomic E-state index is 14.0. The number of carbonyl (C=O) groups is 3. The van der Waals surface area contributed by atoms with Crippen molar-refractivity contribution in [2.45, 2.75) is 76.3 Å². The Kier molecular flexibility index (Phi) is 6.34. The molecule has 2 bridgehead atoms. The van der Waals surface area contributed by atoms with Gasteiger partial charge in [-0.3, -0.25) is 14.4 Å². The third kappa shape index (κ3) is 3.48. The number of hydrogen-bond donors (Lipinski definition) is 1. The SMILES string of the molecule is C=CCOC(=O)[C@H]1[C@H]2C(=O)N([C@H](C)CO)C(C(=O)N(CC=C)C(C)(C)C)C23CC[C@]1(C)O3. The Morgan fingerprint density at radius 1 is 1.34 bits per heavy atom. The topological polar surface area (TPSA) is 96.4 Å². The Hall–Kier alpha value is -2.19. The molecule has 8 heteroatoms. The highest BCUT2D eigenvalue weighted by atomic mass is 16.6. The van der Waals surface area contributed by atoms with Gasteiger partial charge in [0.1, 0.15) is 24.2 Å². The number of esters is 1. The van der Waals surface area contributed by atoms with Crippen molar-refractivity contribution in [3.8, 4) is 0 Å². The smallest absolute Gasteiger partial charge is 0.313 e. The molecule has 2 unspecified atom stereocenters. The number of aliphatic hydroxyl groups is 1. The molecule has 3 rings (SSSR count). The lowest BCUT2D eigenvalue weighted by atomic mass is 9.66. The third-order valence-electron chi connectivity index (χ3n) is 7.17. The standard InChI is InChI=1S/C24H36N2O6/c1-8-12-25(22(4,5)6)20(29)18-24-11-10-23(7,32-24)17(21(30)31-13-9-2)16(24)19(28)26(18)15(3)14-27/h8-9,15-18,27H,1-2,10-14H2,3-7H3/t15-,16+,17-,18?,23+,24?/m1/s1. The van der Waals surface area contributed by atoms with Crippen LogP contribution < -0.4 is 0 Å². The van der Waals surface area contributed by atoms with Crippen molar-refractivity contribution in [2.75, 3.05) is 19.8 Å². The van der Waals surface area contributed by atoms with Gasteiger partial charge in [0.25, 0.3) is 0 Å². The number of nitrogens with zero attached hydrogens (tertiary/aromatic N) is 2. The van der Waals surface area contributed by atoms with Crippen molar-refractivity contribution in [1.29, 1.82) is 0 Å². The van der Waals surface area contributed by atoms with Crippen LogP contribution in [-0.4, -0.2) is 81.3 Å². The fourth-order valence-electron chi connectivity index (χ4n) is 5.76. The zero-order chi connectivity index (χ0) is 24.1. The van der Waals surface area contributed by atoms with Gasteiger partial charge in [-0.1, -0.05) is 18.7 Å². The average Bonchev–Trinajstić information content (AvgIpc) is 3.29. The first kappa shape index (κ1) is 24.5. The van der Waals surface area contributed by atoms with Crippen LogP contribution in [0.1, 0.15) is 47.5 Å². The first-order valence-corrected chi connectivity index (χ1v) is 11.2. The summed E-state index contributed by atoms with van der Waals surface area (Å²) in [5.41, 5.74) is -2.56. The van der Waals surface area contributed by atoms with E-state index in [1.165, 1.54) is 11.0 Å². The molecule has 3 saturated heterocycles. The molecule has 3 aliphatic heterocycles. The van der Waals surface area contributed by atoms with Gasteiger partial charge in [-0.15, -0.1) is 6.58 Å². The number of carbonyl (C=O) groups excluding carboxylic acids is 3. The van der Waals surface area contributed by atoms with Crippen molar-refractivity contribution >= 4 is 17.8 Å². The molecule has 3 heterocycles. The molecule has 0 saturated carbocycles. The zero-order valence-electron chi connectivity index (χ0n) is 19.8. The van der Waals surface area contributed by atoms with Crippen molar-refractivity contribution in [3.63, 3.8) is 0 Å². The second-order valence-corrected chi connectivity index (χ2v) is 10.3. The van der Waals surface area contributed by atoms with Crippen LogP contribution in [0.2, 0.25) is 0 Å². The molecule has 1 N–H and O–H groups in total. The van der Waals surface area contributed by atoms with Crippen LogP contribution in [-0.2, 0) is 23.9 Å². The highest BCUT2D eigenvalue weighted by Gasteiger charge is 2.79. The second-order valence-electron chi connectivity index (χ2n) is 10.3. The van der Waals surface area contributed by atoms with E-state index in [1.54, 1.807) is 17.9 Å². The average molecular weight is 449 g/mol. The van der Waals surface area contributed by atoms with Crippen molar-refractivity contribution in [1.82, 2.24) is 9.80 Å². The summed E-state index contributed by atoms with van der Waals surface area (Å²) in [6, 6.07) is -1.55. The molecular weight excluding hydrogens is 412 g/mol. The van der Waals surface area contributed by atoms with Crippen LogP contribution in [0, 0.1) is 11.8 Å². The molecule has 32 heavy (non-hydrogen) atoms. The summed E-state index contributed by atoms with van der Waals surface area (Å²) in [6.07, 6.45) is 4.14. The quantitative estimate of drug-likeness (QED) is 0.448. The third-order valence-corrected chi connectivity index (χ3v) is 7.17. The fraction of sp³-hybridized carbons (Fsp3) is 0.708. The minimum Gasteiger partial charge on any atom is -0.461 e. The van der Waals surface area contributed by atoms with Crippen molar-refractivity contribution < 1.29 is 29.0 Å². The maximum absolute atomic E-state index is 14.0. The molecule has 178 valence electrons. The Labute approximate surface area is 190 Å². The molecule has 8 nitrogen and oxygen atoms in total. The number of likely N-dealkylation sites (tertiary alicyclic amines) is 1. The van der Waals surface area contributed by atoms with Crippen molar-refractivity contribution in [2.24, 2.45) is 11.8 Å². The van der Waals surface area contributed by atoms with E-state index in [2.05, 4.69) is 13.2 Å². The Bertz CT molecular complexity index is 820. The summed E-state index contributed by atoms with van der Waals surface area (Å²) in [7, 11) is 0. The molecule has 0 aromatic rings. The largest absolute Gasteiger partial charge is 0.461 e. The number of amides is 2. The van der Waals surface area contributed by atoms with E-state index >= 15 is 0 Å². The predicted octanol–water partition coefficient (Wildman–Crippen LogP) is 1.67. The lowest BCUT2D eigenvalue weighted by molar-refractivity contribution is -0.162. The summed E-state index contributed by atoms with van der Waals surface area (Å²) < 4.78 is 11.8. The summed E-state index contributed by atoms with van der Waals surface area (Å²) in [5, 5.41) is 9.91. The minimum absolute atomic E-state index is 0.0373. The highest BCUT2D eigenvalue weighted by molar-refractivity contribution is 5.99. The van der Waals surface area contributed by atoms with Gasteiger partial charge < -0.3 is 24.4 Å². The number of fused-ring (bicyclic) bond motifs is 1. The number of aliphatic hydroxyl groups excluding tert-OH is 1. The van der Waals surface area contributed by atoms with Crippen LogP contribution in [0.4, 0.5) is 0 Å². The van der Waals surface area contributed by atoms with E-state index in [4.69, 9.17) is 9.47 Å². The van der Waals surface area contributed by atoms with E-state index < -0.39 is 46.6 Å². The number of hydrogen-bond acceptors (Lipinski definition) is 6. The summed E-state index contributed by atoms with van der Waals surface area (Å²) in [5.74, 6) is -2.79. The van der Waals surface area contributed by atoms with E-state index in [9.17, 15) is 19.5 Å². The van der Waals surface area contributed by atoms with Gasteiger partial charge in [0, 0.05) is 12.1 Å². The molecule has 0 aromatic heterocycles. The van der Waals surface area contributed by atoms with E-state index in [0.717, 1.165) is 0 Å². The molecule has 6 atom stereocenters. The Morgan fingerprint density at radius 2 is 2.00 bits per heavy atom. The monoisotopic (exact) mass is 448 g/mol. The molecule has 2 amide bonds. The van der Waals surface area contributed by atoms with Gasteiger partial charge >= 0.3 is 5.97 Å². The molecule has 3 fully saturated rings. The molecule has 0 radical (unpaired) electrons. The van der Waals surface area contributed by atoms with E-state index in [-0.39, 0.29) is 25.0 Å². The number of rotatable bonds is 8. The zero-order valence-corrected chi connectivity index (χ0v) is 19.8. The van der Waals surface area contributed by atoms with Crippen LogP contribution in [0.15, 0.2) is 25.3 Å². The molecule has 3 aliphatic rings. The lowest BCUT2D eigenvalue weighted by Crippen LogP contribution is -2.61. The Balaban J connectivity index is 2.12.